The summed E-state index contributed by atoms with van der Waals surface area (Å²) in [4.78, 5) is 4.41. The number of nitrogens with zero attached hydrogens (tertiary/aromatic N) is 2. The van der Waals surface area contributed by atoms with E-state index in [4.69, 9.17) is 0 Å². The normalized spacial score (nSPS) is 16.6. The molecule has 1 aromatic heterocycles. The topological polar surface area (TPSA) is 29.9 Å². The van der Waals surface area contributed by atoms with E-state index < -0.39 is 0 Å². The van der Waals surface area contributed by atoms with Gasteiger partial charge in [0.25, 0.3) is 0 Å². The summed E-state index contributed by atoms with van der Waals surface area (Å²) in [5.74, 6) is 0.991. The Morgan fingerprint density at radius 1 is 1.28 bits per heavy atom. The molecule has 3 nitrogen and oxygen atoms in total. The fourth-order valence-corrected chi connectivity index (χ4v) is 2.15. The Bertz CT molecular complexity index is 523. The van der Waals surface area contributed by atoms with Crippen LogP contribution in [0, 0.1) is 6.92 Å². The van der Waals surface area contributed by atoms with E-state index in [9.17, 15) is 0 Å². The lowest BCUT2D eigenvalue weighted by Crippen LogP contribution is -2.12. The summed E-state index contributed by atoms with van der Waals surface area (Å²) in [7, 11) is 0. The fourth-order valence-electron chi connectivity index (χ4n) is 2.15. The van der Waals surface area contributed by atoms with Crippen molar-refractivity contribution in [1.29, 1.82) is 0 Å². The van der Waals surface area contributed by atoms with E-state index in [1.807, 2.05) is 6.20 Å². The van der Waals surface area contributed by atoms with Gasteiger partial charge in [-0.25, -0.2) is 4.98 Å². The first kappa shape index (κ1) is 11.3. The number of rotatable bonds is 4. The molecule has 0 aliphatic heterocycles. The molecule has 1 aliphatic carbocycles. The Labute approximate surface area is 108 Å². The van der Waals surface area contributed by atoms with Gasteiger partial charge in [-0.15, -0.1) is 0 Å². The van der Waals surface area contributed by atoms with Gasteiger partial charge in [-0.1, -0.05) is 29.8 Å². The second-order valence-corrected chi connectivity index (χ2v) is 5.16. The molecule has 1 saturated carbocycles. The lowest BCUT2D eigenvalue weighted by Gasteiger charge is -2.17. The van der Waals surface area contributed by atoms with Crippen molar-refractivity contribution in [2.75, 3.05) is 5.32 Å². The van der Waals surface area contributed by atoms with E-state index >= 15 is 0 Å². The Hall–Kier alpha value is -1.77. The van der Waals surface area contributed by atoms with Crippen molar-refractivity contribution in [3.63, 3.8) is 0 Å². The highest BCUT2D eigenvalue weighted by atomic mass is 15.2. The van der Waals surface area contributed by atoms with Gasteiger partial charge < -0.3 is 9.88 Å². The molecule has 0 spiro atoms. The zero-order valence-corrected chi connectivity index (χ0v) is 10.9. The molecule has 1 unspecified atom stereocenters. The molecule has 3 rings (SSSR count). The number of aromatic nitrogens is 2. The highest BCUT2D eigenvalue weighted by Gasteiger charge is 2.23. The molecule has 0 radical (unpaired) electrons. The molecule has 1 aromatic carbocycles. The van der Waals surface area contributed by atoms with Crippen LogP contribution in [0.2, 0.25) is 0 Å². The van der Waals surface area contributed by atoms with E-state index in [0.29, 0.717) is 12.1 Å². The number of nitrogens with one attached hydrogen (secondary N) is 1. The van der Waals surface area contributed by atoms with Crippen LogP contribution in [0.5, 0.6) is 0 Å². The van der Waals surface area contributed by atoms with Gasteiger partial charge in [0.05, 0.1) is 6.04 Å². The Morgan fingerprint density at radius 2 is 2.00 bits per heavy atom. The maximum Gasteiger partial charge on any atom is 0.203 e. The number of hydrogen-bond donors (Lipinski definition) is 1. The van der Waals surface area contributed by atoms with E-state index in [2.05, 4.69) is 59.2 Å². The third-order valence-electron chi connectivity index (χ3n) is 3.56. The zero-order chi connectivity index (χ0) is 12.5. The van der Waals surface area contributed by atoms with Crippen LogP contribution in [0.3, 0.4) is 0 Å². The van der Waals surface area contributed by atoms with Crippen molar-refractivity contribution in [3.8, 4) is 0 Å². The highest BCUT2D eigenvalue weighted by Crippen LogP contribution is 2.27. The summed E-state index contributed by atoms with van der Waals surface area (Å²) >= 11 is 0. The van der Waals surface area contributed by atoms with Gasteiger partial charge in [0.2, 0.25) is 5.95 Å². The van der Waals surface area contributed by atoms with Gasteiger partial charge in [-0.3, -0.25) is 0 Å². The zero-order valence-electron chi connectivity index (χ0n) is 10.9. The van der Waals surface area contributed by atoms with Crippen LogP contribution in [0.4, 0.5) is 5.95 Å². The first-order chi connectivity index (χ1) is 8.74. The minimum Gasteiger partial charge on any atom is -0.353 e. The maximum atomic E-state index is 4.41. The van der Waals surface area contributed by atoms with Crippen molar-refractivity contribution in [3.05, 3.63) is 47.8 Å². The summed E-state index contributed by atoms with van der Waals surface area (Å²) < 4.78 is 2.21. The van der Waals surface area contributed by atoms with Gasteiger partial charge in [-0.05, 0) is 32.3 Å². The van der Waals surface area contributed by atoms with E-state index in [1.165, 1.54) is 24.0 Å². The number of anilines is 1. The Kier molecular flexibility index (Phi) is 2.82. The SMILES string of the molecule is Cc1ccc(C(C)n2ccnc2NC2CC2)cc1. The van der Waals surface area contributed by atoms with Crippen molar-refractivity contribution in [2.24, 2.45) is 0 Å². The molecular weight excluding hydrogens is 222 g/mol. The molecule has 1 heterocycles. The minimum absolute atomic E-state index is 0.314. The van der Waals surface area contributed by atoms with Crippen molar-refractivity contribution >= 4 is 5.95 Å². The average Bonchev–Trinajstić information content (AvgIpc) is 3.06. The summed E-state index contributed by atoms with van der Waals surface area (Å²) in [5, 5.41) is 3.48. The molecule has 0 amide bonds. The van der Waals surface area contributed by atoms with Crippen LogP contribution in [-0.2, 0) is 0 Å². The van der Waals surface area contributed by atoms with Crippen molar-refractivity contribution < 1.29 is 0 Å². The molecule has 2 aromatic rings. The molecule has 1 aliphatic rings. The third-order valence-corrected chi connectivity index (χ3v) is 3.56. The lowest BCUT2D eigenvalue weighted by molar-refractivity contribution is 0.643. The van der Waals surface area contributed by atoms with Gasteiger partial charge in [-0.2, -0.15) is 0 Å². The fraction of sp³-hybridized carbons (Fsp3) is 0.400. The highest BCUT2D eigenvalue weighted by molar-refractivity contribution is 5.33. The van der Waals surface area contributed by atoms with Crippen molar-refractivity contribution in [1.82, 2.24) is 9.55 Å². The summed E-state index contributed by atoms with van der Waals surface area (Å²) in [6.07, 6.45) is 6.46. The molecular formula is C15H19N3. The quantitative estimate of drug-likeness (QED) is 0.889. The van der Waals surface area contributed by atoms with E-state index in [-0.39, 0.29) is 0 Å². The average molecular weight is 241 g/mol. The maximum absolute atomic E-state index is 4.41. The third kappa shape index (κ3) is 2.26. The molecule has 94 valence electrons. The first-order valence-electron chi connectivity index (χ1n) is 6.60. The van der Waals surface area contributed by atoms with Crippen LogP contribution < -0.4 is 5.32 Å². The van der Waals surface area contributed by atoms with Gasteiger partial charge in [0.1, 0.15) is 0 Å². The van der Waals surface area contributed by atoms with E-state index in [0.717, 1.165) is 5.95 Å². The van der Waals surface area contributed by atoms with Crippen LogP contribution in [-0.4, -0.2) is 15.6 Å². The monoisotopic (exact) mass is 241 g/mol. The smallest absolute Gasteiger partial charge is 0.203 e. The summed E-state index contributed by atoms with van der Waals surface area (Å²) in [6.45, 7) is 4.33. The number of imidazole rings is 1. The van der Waals surface area contributed by atoms with Gasteiger partial charge in [0.15, 0.2) is 0 Å². The minimum atomic E-state index is 0.314. The summed E-state index contributed by atoms with van der Waals surface area (Å²) in [6, 6.07) is 9.67. The number of benzene rings is 1. The number of hydrogen-bond acceptors (Lipinski definition) is 2. The van der Waals surface area contributed by atoms with Crippen LogP contribution in [0.25, 0.3) is 0 Å². The second-order valence-electron chi connectivity index (χ2n) is 5.16. The second kappa shape index (κ2) is 4.48. The lowest BCUT2D eigenvalue weighted by atomic mass is 10.1. The predicted octanol–water partition coefficient (Wildman–Crippen LogP) is 3.38. The Morgan fingerprint density at radius 3 is 2.67 bits per heavy atom. The van der Waals surface area contributed by atoms with Crippen molar-refractivity contribution in [2.45, 2.75) is 38.8 Å². The first-order valence-corrected chi connectivity index (χ1v) is 6.60. The summed E-state index contributed by atoms with van der Waals surface area (Å²) in [5.41, 5.74) is 2.62. The van der Waals surface area contributed by atoms with Crippen LogP contribution in [0.1, 0.15) is 36.9 Å². The van der Waals surface area contributed by atoms with Gasteiger partial charge in [0, 0.05) is 18.4 Å². The molecule has 18 heavy (non-hydrogen) atoms. The molecule has 3 heteroatoms. The molecule has 1 fully saturated rings. The molecule has 0 bridgehead atoms. The predicted molar refractivity (Wildman–Crippen MR) is 73.9 cm³/mol. The largest absolute Gasteiger partial charge is 0.353 e. The molecule has 1 N–H and O–H groups in total. The van der Waals surface area contributed by atoms with Crippen LogP contribution >= 0.6 is 0 Å². The molecule has 1 atom stereocenters. The van der Waals surface area contributed by atoms with Gasteiger partial charge >= 0.3 is 0 Å². The number of aryl methyl sites for hydroxylation is 1. The standard InChI is InChI=1S/C15H19N3/c1-11-3-5-13(6-4-11)12(2)18-10-9-16-15(18)17-14-7-8-14/h3-6,9-10,12,14H,7-8H2,1-2H3,(H,16,17). The van der Waals surface area contributed by atoms with Crippen LogP contribution in [0.15, 0.2) is 36.7 Å². The van der Waals surface area contributed by atoms with E-state index in [1.54, 1.807) is 0 Å². The Balaban J connectivity index is 1.84. The molecule has 0 saturated heterocycles.